The van der Waals surface area contributed by atoms with E-state index in [-0.39, 0.29) is 16.4 Å². The molecule has 0 aliphatic rings. The third kappa shape index (κ3) is 3.16. The summed E-state index contributed by atoms with van der Waals surface area (Å²) >= 11 is 5.52. The first-order valence-electron chi connectivity index (χ1n) is 5.29. The van der Waals surface area contributed by atoms with E-state index in [1.807, 2.05) is 0 Å². The highest BCUT2D eigenvalue weighted by molar-refractivity contribution is 6.31. The Morgan fingerprint density at radius 2 is 2.32 bits per heavy atom. The topological polar surface area (TPSA) is 85.9 Å². The third-order valence-corrected chi connectivity index (χ3v) is 2.65. The molecule has 1 N–H and O–H groups in total. The zero-order valence-corrected chi connectivity index (χ0v) is 10.3. The predicted molar refractivity (Wildman–Crippen MR) is 66.6 cm³/mol. The highest BCUT2D eigenvalue weighted by Gasteiger charge is 2.17. The zero-order valence-electron chi connectivity index (χ0n) is 9.58. The molecule has 0 aliphatic carbocycles. The van der Waals surface area contributed by atoms with E-state index in [9.17, 15) is 14.5 Å². The van der Waals surface area contributed by atoms with Crippen LogP contribution in [-0.4, -0.2) is 26.5 Å². The minimum Gasteiger partial charge on any atom is -0.378 e. The number of nitrogens with zero attached hydrogens (tertiary/aromatic N) is 4. The lowest BCUT2D eigenvalue weighted by atomic mass is 10.2. The number of nitrogens with one attached hydrogen (secondary N) is 1. The maximum atomic E-state index is 13.3. The van der Waals surface area contributed by atoms with Crippen molar-refractivity contribution in [2.45, 2.75) is 6.54 Å². The highest BCUT2D eigenvalue weighted by atomic mass is 35.5. The molecule has 0 atom stereocenters. The number of aromatic nitrogens is 3. The molecule has 19 heavy (non-hydrogen) atoms. The molecule has 0 aliphatic heterocycles. The molecule has 0 spiro atoms. The van der Waals surface area contributed by atoms with Crippen molar-refractivity contribution in [3.05, 3.63) is 45.5 Å². The van der Waals surface area contributed by atoms with Crippen molar-refractivity contribution in [1.29, 1.82) is 0 Å². The van der Waals surface area contributed by atoms with Crippen LogP contribution in [0.25, 0.3) is 0 Å². The van der Waals surface area contributed by atoms with Crippen molar-refractivity contribution in [3.8, 4) is 0 Å². The van der Waals surface area contributed by atoms with Crippen LogP contribution in [0, 0.1) is 15.9 Å². The largest absolute Gasteiger partial charge is 0.378 e. The van der Waals surface area contributed by atoms with Gasteiger partial charge in [-0.2, -0.15) is 0 Å². The van der Waals surface area contributed by atoms with E-state index in [4.69, 9.17) is 11.6 Å². The molecule has 2 rings (SSSR count). The standard InChI is InChI=1S/C10H9ClFN5O2/c11-7-5-10(17(18)19)9(6-8(7)12)13-1-3-16-4-2-14-15-16/h2,4-6,13H,1,3H2. The molecule has 0 fully saturated rings. The van der Waals surface area contributed by atoms with E-state index in [1.165, 1.54) is 6.20 Å². The van der Waals surface area contributed by atoms with Crippen molar-refractivity contribution in [3.63, 3.8) is 0 Å². The minimum absolute atomic E-state index is 0.0759. The number of benzene rings is 1. The summed E-state index contributed by atoms with van der Waals surface area (Å²) in [5.41, 5.74) is -0.197. The lowest BCUT2D eigenvalue weighted by molar-refractivity contribution is -0.384. The van der Waals surface area contributed by atoms with Gasteiger partial charge in [-0.1, -0.05) is 16.8 Å². The molecule has 0 saturated carbocycles. The predicted octanol–water partition coefficient (Wildman–Crippen LogP) is 2.09. The van der Waals surface area contributed by atoms with E-state index in [0.717, 1.165) is 12.1 Å². The Hall–Kier alpha value is -2.22. The molecule has 1 heterocycles. The summed E-state index contributed by atoms with van der Waals surface area (Å²) in [4.78, 5) is 10.2. The van der Waals surface area contributed by atoms with Gasteiger partial charge in [-0.05, 0) is 0 Å². The first kappa shape index (κ1) is 13.2. The van der Waals surface area contributed by atoms with Gasteiger partial charge in [0.1, 0.15) is 11.5 Å². The Kier molecular flexibility index (Phi) is 3.91. The molecule has 100 valence electrons. The number of rotatable bonds is 5. The molecule has 1 aromatic heterocycles. The fraction of sp³-hybridized carbons (Fsp3) is 0.200. The van der Waals surface area contributed by atoms with E-state index in [1.54, 1.807) is 10.9 Å². The number of anilines is 1. The molecular weight excluding hydrogens is 277 g/mol. The second-order valence-electron chi connectivity index (χ2n) is 3.63. The van der Waals surface area contributed by atoms with Crippen molar-refractivity contribution in [2.24, 2.45) is 0 Å². The Morgan fingerprint density at radius 3 is 2.95 bits per heavy atom. The number of halogens is 2. The highest BCUT2D eigenvalue weighted by Crippen LogP contribution is 2.30. The van der Waals surface area contributed by atoms with Crippen LogP contribution in [0.15, 0.2) is 24.5 Å². The number of nitro benzene ring substituents is 1. The molecule has 0 amide bonds. The van der Waals surface area contributed by atoms with Gasteiger partial charge in [-0.25, -0.2) is 4.39 Å². The molecular formula is C10H9ClFN5O2. The van der Waals surface area contributed by atoms with Crippen LogP contribution in [0.1, 0.15) is 0 Å². The molecule has 1 aromatic carbocycles. The fourth-order valence-corrected chi connectivity index (χ4v) is 1.64. The molecule has 7 nitrogen and oxygen atoms in total. The number of nitro groups is 1. The summed E-state index contributed by atoms with van der Waals surface area (Å²) in [6, 6.07) is 1.98. The summed E-state index contributed by atoms with van der Waals surface area (Å²) in [5, 5.41) is 20.7. The molecule has 0 saturated heterocycles. The Balaban J connectivity index is 2.10. The summed E-state index contributed by atoms with van der Waals surface area (Å²) < 4.78 is 14.8. The van der Waals surface area contributed by atoms with Gasteiger partial charge < -0.3 is 5.32 Å². The van der Waals surface area contributed by atoms with Crippen LogP contribution in [0.2, 0.25) is 5.02 Å². The normalized spacial score (nSPS) is 10.4. The summed E-state index contributed by atoms with van der Waals surface area (Å²) in [6.07, 6.45) is 3.17. The molecule has 2 aromatic rings. The van der Waals surface area contributed by atoms with Crippen molar-refractivity contribution < 1.29 is 9.31 Å². The molecule has 0 bridgehead atoms. The van der Waals surface area contributed by atoms with Crippen LogP contribution in [0.4, 0.5) is 15.8 Å². The van der Waals surface area contributed by atoms with Crippen molar-refractivity contribution in [1.82, 2.24) is 15.0 Å². The average molecular weight is 286 g/mol. The van der Waals surface area contributed by atoms with Crippen LogP contribution in [-0.2, 0) is 6.54 Å². The Labute approximate surface area is 112 Å². The van der Waals surface area contributed by atoms with Crippen LogP contribution in [0.5, 0.6) is 0 Å². The first-order chi connectivity index (χ1) is 9.08. The third-order valence-electron chi connectivity index (χ3n) is 2.36. The van der Waals surface area contributed by atoms with Crippen molar-refractivity contribution in [2.75, 3.05) is 11.9 Å². The van der Waals surface area contributed by atoms with Gasteiger partial charge in [-0.3, -0.25) is 14.8 Å². The molecule has 0 unspecified atom stereocenters. The van der Waals surface area contributed by atoms with E-state index < -0.39 is 10.7 Å². The van der Waals surface area contributed by atoms with Gasteiger partial charge in [0.25, 0.3) is 5.69 Å². The van der Waals surface area contributed by atoms with Gasteiger partial charge in [0.05, 0.1) is 22.7 Å². The zero-order chi connectivity index (χ0) is 13.8. The van der Waals surface area contributed by atoms with Crippen LogP contribution in [0.3, 0.4) is 0 Å². The van der Waals surface area contributed by atoms with E-state index in [2.05, 4.69) is 15.6 Å². The fourth-order valence-electron chi connectivity index (χ4n) is 1.49. The SMILES string of the molecule is O=[N+]([O-])c1cc(Cl)c(F)cc1NCCn1ccnn1. The Morgan fingerprint density at radius 1 is 1.53 bits per heavy atom. The van der Waals surface area contributed by atoms with Gasteiger partial charge >= 0.3 is 0 Å². The van der Waals surface area contributed by atoms with Crippen LogP contribution >= 0.6 is 11.6 Å². The van der Waals surface area contributed by atoms with Gasteiger partial charge in [0, 0.05) is 24.9 Å². The Bertz CT molecular complexity index is 590. The minimum atomic E-state index is -0.712. The number of hydrogen-bond acceptors (Lipinski definition) is 5. The maximum Gasteiger partial charge on any atom is 0.294 e. The second kappa shape index (κ2) is 5.61. The average Bonchev–Trinajstić information content (AvgIpc) is 2.86. The van der Waals surface area contributed by atoms with Crippen molar-refractivity contribution >= 4 is 23.0 Å². The van der Waals surface area contributed by atoms with Gasteiger partial charge in [0.15, 0.2) is 0 Å². The van der Waals surface area contributed by atoms with Gasteiger partial charge in [0.2, 0.25) is 0 Å². The smallest absolute Gasteiger partial charge is 0.294 e. The maximum absolute atomic E-state index is 13.3. The monoisotopic (exact) mass is 285 g/mol. The lowest BCUT2D eigenvalue weighted by Gasteiger charge is -2.07. The van der Waals surface area contributed by atoms with Crippen LogP contribution < -0.4 is 5.32 Å². The summed E-state index contributed by atoms with van der Waals surface area (Å²) in [7, 11) is 0. The van der Waals surface area contributed by atoms with E-state index >= 15 is 0 Å². The quantitative estimate of drug-likeness (QED) is 0.671. The molecule has 0 radical (unpaired) electrons. The first-order valence-corrected chi connectivity index (χ1v) is 5.67. The second-order valence-corrected chi connectivity index (χ2v) is 4.04. The number of hydrogen-bond donors (Lipinski definition) is 1. The lowest BCUT2D eigenvalue weighted by Crippen LogP contribution is -2.12. The van der Waals surface area contributed by atoms with E-state index in [0.29, 0.717) is 13.1 Å². The summed E-state index contributed by atoms with van der Waals surface area (Å²) in [5.74, 6) is -0.712. The summed E-state index contributed by atoms with van der Waals surface area (Å²) in [6.45, 7) is 0.784. The van der Waals surface area contributed by atoms with Gasteiger partial charge in [-0.15, -0.1) is 5.10 Å². The molecule has 9 heteroatoms.